The van der Waals surface area contributed by atoms with E-state index in [2.05, 4.69) is 0 Å². The SMILES string of the molecule is COc1ccc(N(CC(=O)O)CC(F)(F)F)c([N+](=O)[O-])c1. The van der Waals surface area contributed by atoms with Gasteiger partial charge in [0.15, 0.2) is 0 Å². The summed E-state index contributed by atoms with van der Waals surface area (Å²) in [5, 5.41) is 19.6. The minimum atomic E-state index is -4.71. The van der Waals surface area contributed by atoms with Crippen molar-refractivity contribution < 1.29 is 32.7 Å². The van der Waals surface area contributed by atoms with Crippen molar-refractivity contribution in [2.75, 3.05) is 25.1 Å². The molecule has 0 heterocycles. The molecule has 1 aromatic carbocycles. The number of nitro groups is 1. The van der Waals surface area contributed by atoms with Gasteiger partial charge in [-0.1, -0.05) is 0 Å². The maximum Gasteiger partial charge on any atom is 0.405 e. The summed E-state index contributed by atoms with van der Waals surface area (Å²) in [6.45, 7) is -2.64. The van der Waals surface area contributed by atoms with E-state index in [0.29, 0.717) is 4.90 Å². The van der Waals surface area contributed by atoms with Crippen LogP contribution in [-0.2, 0) is 4.79 Å². The number of methoxy groups -OCH3 is 1. The Morgan fingerprint density at radius 2 is 2.10 bits per heavy atom. The maximum absolute atomic E-state index is 12.5. The van der Waals surface area contributed by atoms with E-state index in [1.54, 1.807) is 0 Å². The number of ether oxygens (including phenoxy) is 1. The standard InChI is InChI=1S/C11H11F3N2O5/c1-21-7-2-3-8(9(4-7)16(19)20)15(5-10(17)18)6-11(12,13)14/h2-4H,5-6H2,1H3,(H,17,18). The molecule has 0 saturated carbocycles. The lowest BCUT2D eigenvalue weighted by molar-refractivity contribution is -0.384. The summed E-state index contributed by atoms with van der Waals surface area (Å²) in [7, 11) is 1.24. The Labute approximate surface area is 116 Å². The normalized spacial score (nSPS) is 11.0. The van der Waals surface area contributed by atoms with Gasteiger partial charge in [0, 0.05) is 0 Å². The van der Waals surface area contributed by atoms with Gasteiger partial charge in [-0.3, -0.25) is 14.9 Å². The monoisotopic (exact) mass is 308 g/mol. The van der Waals surface area contributed by atoms with E-state index >= 15 is 0 Å². The van der Waals surface area contributed by atoms with Gasteiger partial charge in [-0.05, 0) is 12.1 Å². The zero-order valence-electron chi connectivity index (χ0n) is 10.8. The molecule has 0 spiro atoms. The molecule has 0 radical (unpaired) electrons. The van der Waals surface area contributed by atoms with E-state index in [4.69, 9.17) is 9.84 Å². The molecule has 10 heteroatoms. The van der Waals surface area contributed by atoms with Crippen LogP contribution in [0.5, 0.6) is 5.75 Å². The van der Waals surface area contributed by atoms with Gasteiger partial charge < -0.3 is 14.7 Å². The van der Waals surface area contributed by atoms with Gasteiger partial charge in [0.25, 0.3) is 5.69 Å². The smallest absolute Gasteiger partial charge is 0.405 e. The lowest BCUT2D eigenvalue weighted by Gasteiger charge is -2.24. The Kier molecular flexibility index (Phi) is 4.95. The van der Waals surface area contributed by atoms with E-state index in [9.17, 15) is 28.1 Å². The highest BCUT2D eigenvalue weighted by molar-refractivity contribution is 5.76. The van der Waals surface area contributed by atoms with Crippen LogP contribution >= 0.6 is 0 Å². The number of aliphatic carboxylic acids is 1. The largest absolute Gasteiger partial charge is 0.496 e. The van der Waals surface area contributed by atoms with Crippen molar-refractivity contribution in [3.63, 3.8) is 0 Å². The minimum absolute atomic E-state index is 0.0766. The predicted molar refractivity (Wildman–Crippen MR) is 65.6 cm³/mol. The number of nitrogens with zero attached hydrogens (tertiary/aromatic N) is 2. The molecule has 0 saturated heterocycles. The zero-order valence-corrected chi connectivity index (χ0v) is 10.8. The predicted octanol–water partition coefficient (Wildman–Crippen LogP) is 2.06. The number of benzene rings is 1. The van der Waals surface area contributed by atoms with Gasteiger partial charge in [0.05, 0.1) is 18.1 Å². The van der Waals surface area contributed by atoms with Crippen molar-refractivity contribution in [2.24, 2.45) is 0 Å². The Morgan fingerprint density at radius 1 is 1.48 bits per heavy atom. The first-order valence-corrected chi connectivity index (χ1v) is 5.50. The Balaban J connectivity index is 3.28. The molecule has 21 heavy (non-hydrogen) atoms. The molecule has 1 rings (SSSR count). The van der Waals surface area contributed by atoms with E-state index in [1.165, 1.54) is 13.2 Å². The molecule has 0 atom stereocenters. The van der Waals surface area contributed by atoms with Crippen LogP contribution in [0, 0.1) is 10.1 Å². The first kappa shape index (κ1) is 16.5. The molecule has 1 N–H and O–H groups in total. The van der Waals surface area contributed by atoms with Gasteiger partial charge in [0.2, 0.25) is 0 Å². The first-order valence-electron chi connectivity index (χ1n) is 5.50. The molecule has 0 bridgehead atoms. The molecule has 116 valence electrons. The Hall–Kier alpha value is -2.52. The molecule has 0 aliphatic rings. The fraction of sp³-hybridized carbons (Fsp3) is 0.364. The fourth-order valence-corrected chi connectivity index (χ4v) is 1.65. The second-order valence-corrected chi connectivity index (χ2v) is 3.98. The molecule has 7 nitrogen and oxygen atoms in total. The van der Waals surface area contributed by atoms with Crippen molar-refractivity contribution in [3.05, 3.63) is 28.3 Å². The van der Waals surface area contributed by atoms with Crippen molar-refractivity contribution >= 4 is 17.3 Å². The van der Waals surface area contributed by atoms with Crippen LogP contribution in [0.4, 0.5) is 24.5 Å². The first-order chi connectivity index (χ1) is 9.64. The van der Waals surface area contributed by atoms with Crippen LogP contribution < -0.4 is 9.64 Å². The third kappa shape index (κ3) is 4.82. The van der Waals surface area contributed by atoms with E-state index < -0.39 is 41.5 Å². The summed E-state index contributed by atoms with van der Waals surface area (Å²) in [5.41, 5.74) is -1.11. The van der Waals surface area contributed by atoms with Crippen LogP contribution in [0.15, 0.2) is 18.2 Å². The summed E-state index contributed by atoms with van der Waals surface area (Å²) < 4.78 is 42.2. The fourth-order valence-electron chi connectivity index (χ4n) is 1.65. The van der Waals surface area contributed by atoms with Crippen LogP contribution in [0.2, 0.25) is 0 Å². The van der Waals surface area contributed by atoms with Crippen molar-refractivity contribution in [3.8, 4) is 5.75 Å². The van der Waals surface area contributed by atoms with E-state index in [0.717, 1.165) is 12.1 Å². The van der Waals surface area contributed by atoms with Crippen LogP contribution in [0.25, 0.3) is 0 Å². The number of carboxylic acids is 1. The van der Waals surface area contributed by atoms with Crippen LogP contribution in [0.1, 0.15) is 0 Å². The summed E-state index contributed by atoms with van der Waals surface area (Å²) in [4.78, 5) is 21.1. The van der Waals surface area contributed by atoms with Crippen molar-refractivity contribution in [1.29, 1.82) is 0 Å². The molecule has 0 aromatic heterocycles. The average molecular weight is 308 g/mol. The minimum Gasteiger partial charge on any atom is -0.496 e. The molecule has 0 unspecified atom stereocenters. The summed E-state index contributed by atoms with van der Waals surface area (Å²) in [5.74, 6) is -1.46. The number of anilines is 1. The number of halogens is 3. The molecule has 0 aliphatic carbocycles. The number of carboxylic acid groups (broad SMARTS) is 1. The van der Waals surface area contributed by atoms with Gasteiger partial charge in [0.1, 0.15) is 24.5 Å². The Bertz CT molecular complexity index is 547. The number of nitro benzene ring substituents is 1. The van der Waals surface area contributed by atoms with Gasteiger partial charge in [-0.25, -0.2) is 0 Å². The quantitative estimate of drug-likeness (QED) is 0.638. The van der Waals surface area contributed by atoms with Gasteiger partial charge in [-0.2, -0.15) is 13.2 Å². The number of rotatable bonds is 6. The molecule has 0 aliphatic heterocycles. The lowest BCUT2D eigenvalue weighted by Crippen LogP contribution is -2.38. The number of hydrogen-bond acceptors (Lipinski definition) is 5. The molecule has 1 aromatic rings. The highest BCUT2D eigenvalue weighted by atomic mass is 19.4. The number of alkyl halides is 3. The molecular weight excluding hydrogens is 297 g/mol. The molecule has 0 fully saturated rings. The molecular formula is C11H11F3N2O5. The summed E-state index contributed by atoms with van der Waals surface area (Å²) in [6, 6.07) is 3.17. The van der Waals surface area contributed by atoms with Crippen molar-refractivity contribution in [1.82, 2.24) is 0 Å². The Morgan fingerprint density at radius 3 is 2.52 bits per heavy atom. The van der Waals surface area contributed by atoms with Gasteiger partial charge >= 0.3 is 12.1 Å². The summed E-state index contributed by atoms with van der Waals surface area (Å²) >= 11 is 0. The van der Waals surface area contributed by atoms with Gasteiger partial charge in [-0.15, -0.1) is 0 Å². The summed E-state index contributed by atoms with van der Waals surface area (Å²) in [6.07, 6.45) is -4.71. The third-order valence-corrected chi connectivity index (χ3v) is 2.42. The zero-order chi connectivity index (χ0) is 16.2. The van der Waals surface area contributed by atoms with Crippen molar-refractivity contribution in [2.45, 2.75) is 6.18 Å². The van der Waals surface area contributed by atoms with E-state index in [1.807, 2.05) is 0 Å². The highest BCUT2D eigenvalue weighted by Crippen LogP contribution is 2.33. The van der Waals surface area contributed by atoms with Crippen LogP contribution in [0.3, 0.4) is 0 Å². The maximum atomic E-state index is 12.5. The lowest BCUT2D eigenvalue weighted by atomic mass is 10.2. The third-order valence-electron chi connectivity index (χ3n) is 2.42. The second kappa shape index (κ2) is 6.29. The number of carbonyl (C=O) groups is 1. The number of hydrogen-bond donors (Lipinski definition) is 1. The highest BCUT2D eigenvalue weighted by Gasteiger charge is 2.34. The average Bonchev–Trinajstić information content (AvgIpc) is 2.34. The topological polar surface area (TPSA) is 92.9 Å². The second-order valence-electron chi connectivity index (χ2n) is 3.98. The van der Waals surface area contributed by atoms with Crippen LogP contribution in [-0.4, -0.2) is 42.4 Å². The molecule has 0 amide bonds. The van der Waals surface area contributed by atoms with E-state index in [-0.39, 0.29) is 5.75 Å².